The van der Waals surface area contributed by atoms with Crippen LogP contribution in [0.15, 0.2) is 53.8 Å². The highest BCUT2D eigenvalue weighted by molar-refractivity contribution is 6.32. The van der Waals surface area contributed by atoms with Gasteiger partial charge in [-0.3, -0.25) is 9.78 Å². The Kier molecular flexibility index (Phi) is 7.67. The SMILES string of the molecule is CC[C@H](C)Oc1c(Cl)cc(/C=N\NC(=O)COc2cccc3cccnc23)cc1OC. The summed E-state index contributed by atoms with van der Waals surface area (Å²) in [5.74, 6) is 1.11. The number of rotatable bonds is 9. The molecule has 0 aliphatic heterocycles. The number of aromatic nitrogens is 1. The number of para-hydroxylation sites is 1. The Balaban J connectivity index is 1.61. The fraction of sp³-hybridized carbons (Fsp3) is 0.261. The number of carbonyl (C=O) groups is 1. The maximum atomic E-state index is 12.1. The Morgan fingerprint density at radius 2 is 2.06 bits per heavy atom. The lowest BCUT2D eigenvalue weighted by Gasteiger charge is -2.17. The number of fused-ring (bicyclic) bond motifs is 1. The maximum absolute atomic E-state index is 12.1. The molecule has 0 saturated carbocycles. The van der Waals surface area contributed by atoms with Crippen LogP contribution in [-0.4, -0.2) is 36.9 Å². The van der Waals surface area contributed by atoms with Crippen molar-refractivity contribution >= 4 is 34.6 Å². The van der Waals surface area contributed by atoms with Gasteiger partial charge < -0.3 is 14.2 Å². The maximum Gasteiger partial charge on any atom is 0.277 e. The van der Waals surface area contributed by atoms with E-state index in [0.717, 1.165) is 11.8 Å². The molecule has 0 unspecified atom stereocenters. The van der Waals surface area contributed by atoms with Crippen LogP contribution < -0.4 is 19.6 Å². The van der Waals surface area contributed by atoms with Gasteiger partial charge in [0, 0.05) is 11.6 Å². The Morgan fingerprint density at radius 3 is 2.84 bits per heavy atom. The van der Waals surface area contributed by atoms with Gasteiger partial charge in [-0.1, -0.05) is 36.7 Å². The van der Waals surface area contributed by atoms with E-state index in [1.54, 1.807) is 24.4 Å². The second-order valence-electron chi connectivity index (χ2n) is 6.78. The summed E-state index contributed by atoms with van der Waals surface area (Å²) in [5.41, 5.74) is 3.78. The molecule has 0 bridgehead atoms. The third kappa shape index (κ3) is 5.86. The topological polar surface area (TPSA) is 82.0 Å². The first-order valence-electron chi connectivity index (χ1n) is 9.84. The normalized spacial score (nSPS) is 12.0. The molecule has 3 aromatic rings. The van der Waals surface area contributed by atoms with Crippen molar-refractivity contribution in [1.29, 1.82) is 0 Å². The molecule has 8 heteroatoms. The zero-order valence-corrected chi connectivity index (χ0v) is 18.3. The third-order valence-electron chi connectivity index (χ3n) is 4.50. The van der Waals surface area contributed by atoms with Crippen molar-refractivity contribution in [3.8, 4) is 17.2 Å². The first-order chi connectivity index (χ1) is 15.0. The summed E-state index contributed by atoms with van der Waals surface area (Å²) >= 11 is 6.34. The number of nitrogens with zero attached hydrogens (tertiary/aromatic N) is 2. The molecule has 0 spiro atoms. The lowest BCUT2D eigenvalue weighted by Crippen LogP contribution is -2.24. The zero-order valence-electron chi connectivity index (χ0n) is 17.6. The van der Waals surface area contributed by atoms with Gasteiger partial charge >= 0.3 is 0 Å². The highest BCUT2D eigenvalue weighted by Gasteiger charge is 2.14. The number of benzene rings is 2. The number of hydrazone groups is 1. The van der Waals surface area contributed by atoms with E-state index in [1.807, 2.05) is 38.1 Å². The summed E-state index contributed by atoms with van der Waals surface area (Å²) in [4.78, 5) is 16.4. The first kappa shape index (κ1) is 22.4. The van der Waals surface area contributed by atoms with Crippen molar-refractivity contribution in [3.63, 3.8) is 0 Å². The number of ether oxygens (including phenoxy) is 3. The minimum Gasteiger partial charge on any atom is -0.493 e. The fourth-order valence-electron chi connectivity index (χ4n) is 2.76. The van der Waals surface area contributed by atoms with Crippen molar-refractivity contribution in [1.82, 2.24) is 10.4 Å². The summed E-state index contributed by atoms with van der Waals surface area (Å²) in [7, 11) is 1.54. The molecule has 1 amide bonds. The molecular weight excluding hydrogens is 418 g/mol. The largest absolute Gasteiger partial charge is 0.493 e. The standard InChI is InChI=1S/C23H24ClN3O4/c1-4-15(2)31-23-18(24)11-16(12-20(23)29-3)13-26-27-21(28)14-30-19-9-5-7-17-8-6-10-25-22(17)19/h5-13,15H,4,14H2,1-3H3,(H,27,28)/b26-13-/t15-/m0/s1. The van der Waals surface area contributed by atoms with Gasteiger partial charge in [-0.25, -0.2) is 5.43 Å². The number of amides is 1. The first-order valence-corrected chi connectivity index (χ1v) is 10.2. The van der Waals surface area contributed by atoms with E-state index in [0.29, 0.717) is 33.4 Å². The van der Waals surface area contributed by atoms with Crippen molar-refractivity contribution in [2.75, 3.05) is 13.7 Å². The van der Waals surface area contributed by atoms with E-state index < -0.39 is 5.91 Å². The van der Waals surface area contributed by atoms with Crippen LogP contribution >= 0.6 is 11.6 Å². The number of nitrogens with one attached hydrogen (secondary N) is 1. The van der Waals surface area contributed by atoms with Crippen LogP contribution in [0.3, 0.4) is 0 Å². The van der Waals surface area contributed by atoms with Crippen LogP contribution in [-0.2, 0) is 4.79 Å². The molecule has 2 aromatic carbocycles. The van der Waals surface area contributed by atoms with Crippen LogP contribution in [0.4, 0.5) is 0 Å². The molecule has 0 aliphatic carbocycles. The molecular formula is C23H24ClN3O4. The molecule has 0 aliphatic rings. The Morgan fingerprint density at radius 1 is 1.26 bits per heavy atom. The lowest BCUT2D eigenvalue weighted by molar-refractivity contribution is -0.123. The monoisotopic (exact) mass is 441 g/mol. The molecule has 0 saturated heterocycles. The molecule has 1 N–H and O–H groups in total. The molecule has 1 heterocycles. The summed E-state index contributed by atoms with van der Waals surface area (Å²) in [6, 6.07) is 12.7. The Labute approximate surface area is 186 Å². The second kappa shape index (κ2) is 10.6. The van der Waals surface area contributed by atoms with Gasteiger partial charge in [0.05, 0.1) is 24.5 Å². The zero-order chi connectivity index (χ0) is 22.2. The van der Waals surface area contributed by atoms with Gasteiger partial charge in [0.2, 0.25) is 0 Å². The molecule has 1 atom stereocenters. The van der Waals surface area contributed by atoms with E-state index in [-0.39, 0.29) is 12.7 Å². The summed E-state index contributed by atoms with van der Waals surface area (Å²) in [5, 5.41) is 5.30. The van der Waals surface area contributed by atoms with Crippen molar-refractivity contribution in [2.45, 2.75) is 26.4 Å². The average molecular weight is 442 g/mol. The minimum absolute atomic E-state index is 0.00198. The lowest BCUT2D eigenvalue weighted by atomic mass is 10.2. The number of halogens is 1. The molecule has 162 valence electrons. The number of methoxy groups -OCH3 is 1. The highest BCUT2D eigenvalue weighted by atomic mass is 35.5. The Bertz CT molecular complexity index is 1080. The van der Waals surface area contributed by atoms with Crippen molar-refractivity contribution in [3.05, 3.63) is 59.2 Å². The predicted octanol–water partition coefficient (Wildman–Crippen LogP) is 4.60. The molecule has 0 fully saturated rings. The minimum atomic E-state index is -0.404. The fourth-order valence-corrected chi connectivity index (χ4v) is 3.02. The Hall–Kier alpha value is -3.32. The van der Waals surface area contributed by atoms with Gasteiger partial charge in [-0.15, -0.1) is 0 Å². The van der Waals surface area contributed by atoms with Crippen LogP contribution in [0, 0.1) is 0 Å². The van der Waals surface area contributed by atoms with Gasteiger partial charge in [0.15, 0.2) is 18.1 Å². The van der Waals surface area contributed by atoms with Crippen LogP contribution in [0.25, 0.3) is 10.9 Å². The van der Waals surface area contributed by atoms with Crippen LogP contribution in [0.5, 0.6) is 17.2 Å². The van der Waals surface area contributed by atoms with E-state index in [1.165, 1.54) is 13.3 Å². The van der Waals surface area contributed by atoms with Crippen LogP contribution in [0.1, 0.15) is 25.8 Å². The summed E-state index contributed by atoms with van der Waals surface area (Å²) < 4.78 is 16.8. The quantitative estimate of drug-likeness (QED) is 0.387. The molecule has 3 rings (SSSR count). The molecule has 1 aromatic heterocycles. The predicted molar refractivity (Wildman–Crippen MR) is 121 cm³/mol. The average Bonchev–Trinajstić information content (AvgIpc) is 2.78. The molecule has 31 heavy (non-hydrogen) atoms. The molecule has 7 nitrogen and oxygen atoms in total. The van der Waals surface area contributed by atoms with E-state index in [9.17, 15) is 4.79 Å². The number of hydrogen-bond donors (Lipinski definition) is 1. The van der Waals surface area contributed by atoms with Crippen molar-refractivity contribution < 1.29 is 19.0 Å². The third-order valence-corrected chi connectivity index (χ3v) is 4.78. The van der Waals surface area contributed by atoms with Gasteiger partial charge in [-0.05, 0) is 43.2 Å². The van der Waals surface area contributed by atoms with Crippen molar-refractivity contribution in [2.24, 2.45) is 5.10 Å². The molecule has 0 radical (unpaired) electrons. The van der Waals surface area contributed by atoms with Crippen LogP contribution in [0.2, 0.25) is 5.02 Å². The van der Waals surface area contributed by atoms with E-state index in [4.69, 9.17) is 25.8 Å². The smallest absolute Gasteiger partial charge is 0.277 e. The summed E-state index contributed by atoms with van der Waals surface area (Å²) in [6.07, 6.45) is 3.99. The van der Waals surface area contributed by atoms with E-state index >= 15 is 0 Å². The number of hydrogen-bond acceptors (Lipinski definition) is 6. The summed E-state index contributed by atoms with van der Waals surface area (Å²) in [6.45, 7) is 3.78. The van der Waals surface area contributed by atoms with Gasteiger partial charge in [0.25, 0.3) is 5.91 Å². The number of carbonyl (C=O) groups excluding carboxylic acids is 1. The number of pyridine rings is 1. The van der Waals surface area contributed by atoms with E-state index in [2.05, 4.69) is 15.5 Å². The van der Waals surface area contributed by atoms with Gasteiger partial charge in [-0.2, -0.15) is 5.10 Å². The second-order valence-corrected chi connectivity index (χ2v) is 7.19. The van der Waals surface area contributed by atoms with Gasteiger partial charge in [0.1, 0.15) is 11.3 Å². The highest BCUT2D eigenvalue weighted by Crippen LogP contribution is 2.37.